The maximum atomic E-state index is 13.2. The second-order valence-electron chi connectivity index (χ2n) is 7.99. The predicted molar refractivity (Wildman–Crippen MR) is 122 cm³/mol. The first-order valence-corrected chi connectivity index (χ1v) is 10.6. The van der Waals surface area contributed by atoms with E-state index in [0.717, 1.165) is 24.1 Å². The van der Waals surface area contributed by atoms with Crippen molar-refractivity contribution in [3.63, 3.8) is 0 Å². The van der Waals surface area contributed by atoms with Gasteiger partial charge in [0, 0.05) is 12.1 Å². The average molecular weight is 414 g/mol. The molecule has 2 aromatic heterocycles. The Morgan fingerprint density at radius 3 is 2.58 bits per heavy atom. The molecule has 2 heterocycles. The van der Waals surface area contributed by atoms with E-state index in [1.54, 1.807) is 17.0 Å². The summed E-state index contributed by atoms with van der Waals surface area (Å²) in [5.74, 6) is 0.487. The van der Waals surface area contributed by atoms with Crippen LogP contribution in [0.2, 0.25) is 0 Å². The first kappa shape index (κ1) is 20.7. The van der Waals surface area contributed by atoms with Crippen LogP contribution in [0.25, 0.3) is 17.1 Å². The molecule has 4 rings (SSSR count). The van der Waals surface area contributed by atoms with Crippen LogP contribution in [0.15, 0.2) is 77.4 Å². The fourth-order valence-electron chi connectivity index (χ4n) is 3.71. The van der Waals surface area contributed by atoms with Crippen LogP contribution in [0.4, 0.5) is 0 Å². The summed E-state index contributed by atoms with van der Waals surface area (Å²) >= 11 is 0. The zero-order chi connectivity index (χ0) is 21.8. The van der Waals surface area contributed by atoms with Crippen molar-refractivity contribution in [2.75, 3.05) is 0 Å². The lowest BCUT2D eigenvalue weighted by atomic mass is 10.1. The van der Waals surface area contributed by atoms with E-state index >= 15 is 0 Å². The normalized spacial score (nSPS) is 12.0. The van der Waals surface area contributed by atoms with Crippen LogP contribution in [0, 0.1) is 13.8 Å². The molecule has 1 N–H and O–H groups in total. The lowest BCUT2D eigenvalue weighted by Crippen LogP contribution is -2.34. The number of benzene rings is 2. The smallest absolute Gasteiger partial charge is 0.270 e. The second kappa shape index (κ2) is 9.04. The van der Waals surface area contributed by atoms with E-state index in [1.165, 1.54) is 11.1 Å². The Kier molecular flexibility index (Phi) is 6.03. The third-order valence-electron chi connectivity index (χ3n) is 5.38. The highest BCUT2D eigenvalue weighted by molar-refractivity contribution is 5.94. The van der Waals surface area contributed by atoms with Crippen molar-refractivity contribution < 1.29 is 9.21 Å². The van der Waals surface area contributed by atoms with Crippen molar-refractivity contribution in [1.29, 1.82) is 0 Å². The Hall–Kier alpha value is -3.60. The lowest BCUT2D eigenvalue weighted by Gasteiger charge is -2.15. The molecule has 0 bridgehead atoms. The van der Waals surface area contributed by atoms with Gasteiger partial charge in [0.2, 0.25) is 0 Å². The van der Waals surface area contributed by atoms with E-state index in [1.807, 2.05) is 56.3 Å². The van der Waals surface area contributed by atoms with E-state index in [2.05, 4.69) is 30.4 Å². The van der Waals surface area contributed by atoms with Gasteiger partial charge >= 0.3 is 0 Å². The van der Waals surface area contributed by atoms with Gasteiger partial charge in [0.05, 0.1) is 12.0 Å². The van der Waals surface area contributed by atoms with Gasteiger partial charge in [-0.25, -0.2) is 4.68 Å². The minimum Gasteiger partial charge on any atom is -0.463 e. The number of aromatic nitrogens is 2. The summed E-state index contributed by atoms with van der Waals surface area (Å²) in [7, 11) is 0. The molecule has 5 nitrogen and oxygen atoms in total. The summed E-state index contributed by atoms with van der Waals surface area (Å²) in [6.07, 6.45) is 3.38. The van der Waals surface area contributed by atoms with E-state index in [0.29, 0.717) is 17.1 Å². The molecule has 0 aliphatic heterocycles. The molecular formula is C26H27N3O2. The van der Waals surface area contributed by atoms with Crippen LogP contribution in [0.5, 0.6) is 0 Å². The minimum atomic E-state index is -0.147. The molecule has 0 aliphatic rings. The predicted octanol–water partition coefficient (Wildman–Crippen LogP) is 5.50. The molecule has 5 heteroatoms. The largest absolute Gasteiger partial charge is 0.463 e. The molecule has 0 spiro atoms. The highest BCUT2D eigenvalue weighted by atomic mass is 16.3. The van der Waals surface area contributed by atoms with Gasteiger partial charge in [0.15, 0.2) is 5.76 Å². The number of rotatable bonds is 7. The lowest BCUT2D eigenvalue weighted by molar-refractivity contribution is 0.0930. The molecule has 0 aliphatic carbocycles. The van der Waals surface area contributed by atoms with Crippen LogP contribution < -0.4 is 5.32 Å². The Morgan fingerprint density at radius 2 is 1.87 bits per heavy atom. The SMILES string of the molecule is Cc1ccc(-n2nc(-c3ccco3)cc2C(=O)N[C@H](C)CCc2ccccc2)c(C)c1. The molecule has 0 saturated heterocycles. The van der Waals surface area contributed by atoms with Crippen LogP contribution in [-0.2, 0) is 6.42 Å². The van der Waals surface area contributed by atoms with Crippen molar-refractivity contribution in [2.45, 2.75) is 39.7 Å². The fourth-order valence-corrected chi connectivity index (χ4v) is 3.71. The summed E-state index contributed by atoms with van der Waals surface area (Å²) < 4.78 is 7.23. The van der Waals surface area contributed by atoms with E-state index < -0.39 is 0 Å². The molecule has 2 aromatic carbocycles. The standard InChI is InChI=1S/C26H27N3O2/c1-18-11-14-23(19(2)16-18)29-24(17-22(28-29)25-10-7-15-31-25)26(30)27-20(3)12-13-21-8-5-4-6-9-21/h4-11,14-17,20H,12-13H2,1-3H3,(H,27,30)/t20-/m1/s1. The van der Waals surface area contributed by atoms with Gasteiger partial charge in [-0.05, 0) is 62.9 Å². The van der Waals surface area contributed by atoms with E-state index in [-0.39, 0.29) is 11.9 Å². The average Bonchev–Trinajstić information content (AvgIpc) is 3.43. The fraction of sp³-hybridized carbons (Fsp3) is 0.231. The summed E-state index contributed by atoms with van der Waals surface area (Å²) in [6, 6.07) is 21.9. The number of aryl methyl sites for hydroxylation is 3. The van der Waals surface area contributed by atoms with Gasteiger partial charge in [-0.15, -0.1) is 0 Å². The van der Waals surface area contributed by atoms with Gasteiger partial charge in [-0.3, -0.25) is 4.79 Å². The van der Waals surface area contributed by atoms with Crippen molar-refractivity contribution in [3.05, 3.63) is 95.4 Å². The molecule has 158 valence electrons. The minimum absolute atomic E-state index is 0.0298. The molecule has 1 atom stereocenters. The third-order valence-corrected chi connectivity index (χ3v) is 5.38. The Morgan fingerprint density at radius 1 is 1.06 bits per heavy atom. The summed E-state index contributed by atoms with van der Waals surface area (Å²) in [5, 5.41) is 7.83. The number of amides is 1. The molecule has 4 aromatic rings. The van der Waals surface area contributed by atoms with Crippen molar-refractivity contribution in [1.82, 2.24) is 15.1 Å². The third kappa shape index (κ3) is 4.77. The van der Waals surface area contributed by atoms with Crippen LogP contribution in [0.1, 0.15) is 40.5 Å². The number of carbonyl (C=O) groups is 1. The van der Waals surface area contributed by atoms with E-state index in [9.17, 15) is 4.79 Å². The number of furan rings is 1. The number of nitrogens with zero attached hydrogens (tertiary/aromatic N) is 2. The van der Waals surface area contributed by atoms with Crippen LogP contribution in [0.3, 0.4) is 0 Å². The molecule has 31 heavy (non-hydrogen) atoms. The number of hydrogen-bond acceptors (Lipinski definition) is 3. The van der Waals surface area contributed by atoms with Crippen LogP contribution >= 0.6 is 0 Å². The van der Waals surface area contributed by atoms with Gasteiger partial charge in [-0.2, -0.15) is 5.10 Å². The van der Waals surface area contributed by atoms with Gasteiger partial charge in [-0.1, -0.05) is 48.0 Å². The number of nitrogens with one attached hydrogen (secondary N) is 1. The Balaban J connectivity index is 1.59. The first-order valence-electron chi connectivity index (χ1n) is 10.6. The topological polar surface area (TPSA) is 60.1 Å². The van der Waals surface area contributed by atoms with Gasteiger partial charge in [0.1, 0.15) is 11.4 Å². The molecule has 0 saturated carbocycles. The Bertz CT molecular complexity index is 1160. The zero-order valence-electron chi connectivity index (χ0n) is 18.1. The van der Waals surface area contributed by atoms with Crippen molar-refractivity contribution >= 4 is 5.91 Å². The van der Waals surface area contributed by atoms with Gasteiger partial charge in [0.25, 0.3) is 5.91 Å². The highest BCUT2D eigenvalue weighted by Gasteiger charge is 2.21. The molecule has 1 amide bonds. The van der Waals surface area contributed by atoms with Crippen molar-refractivity contribution in [2.24, 2.45) is 0 Å². The van der Waals surface area contributed by atoms with Crippen LogP contribution in [-0.4, -0.2) is 21.7 Å². The highest BCUT2D eigenvalue weighted by Crippen LogP contribution is 2.24. The summed E-state index contributed by atoms with van der Waals surface area (Å²) in [4.78, 5) is 13.2. The maximum Gasteiger partial charge on any atom is 0.270 e. The monoisotopic (exact) mass is 413 g/mol. The molecule has 0 unspecified atom stereocenters. The summed E-state index contributed by atoms with van der Waals surface area (Å²) in [6.45, 7) is 6.11. The van der Waals surface area contributed by atoms with E-state index in [4.69, 9.17) is 9.52 Å². The second-order valence-corrected chi connectivity index (χ2v) is 7.99. The number of carbonyl (C=O) groups excluding carboxylic acids is 1. The molecular weight excluding hydrogens is 386 g/mol. The summed E-state index contributed by atoms with van der Waals surface area (Å²) in [5.41, 5.74) is 5.49. The quantitative estimate of drug-likeness (QED) is 0.435. The van der Waals surface area contributed by atoms with Gasteiger partial charge < -0.3 is 9.73 Å². The first-order chi connectivity index (χ1) is 15.0. The van der Waals surface area contributed by atoms with Crippen molar-refractivity contribution in [3.8, 4) is 17.1 Å². The molecule has 0 radical (unpaired) electrons. The zero-order valence-corrected chi connectivity index (χ0v) is 18.1. The molecule has 0 fully saturated rings. The Labute approximate surface area is 182 Å². The maximum absolute atomic E-state index is 13.2. The number of hydrogen-bond donors (Lipinski definition) is 1.